The van der Waals surface area contributed by atoms with Crippen LogP contribution in [0.25, 0.3) is 0 Å². The molecule has 0 aliphatic carbocycles. The van der Waals surface area contributed by atoms with Crippen molar-refractivity contribution in [1.82, 2.24) is 10.6 Å². The van der Waals surface area contributed by atoms with Crippen molar-refractivity contribution in [2.24, 2.45) is 0 Å². The van der Waals surface area contributed by atoms with E-state index >= 15 is 0 Å². The molecular weight excluding hydrogens is 286 g/mol. The van der Waals surface area contributed by atoms with Gasteiger partial charge in [0.15, 0.2) is 0 Å². The maximum absolute atomic E-state index is 11.7. The molecule has 0 radical (unpaired) electrons. The number of carbonyl (C=O) groups is 1. The number of nitrogens with zero attached hydrogens (tertiary/aromatic N) is 1. The molecule has 0 aliphatic rings. The van der Waals surface area contributed by atoms with Crippen LogP contribution in [0, 0.1) is 0 Å². The minimum atomic E-state index is 0.0177. The smallest absolute Gasteiger partial charge is 0.239 e. The maximum atomic E-state index is 11.7. The van der Waals surface area contributed by atoms with Gasteiger partial charge in [0.05, 0.1) is 17.3 Å². The zero-order valence-electron chi connectivity index (χ0n) is 13.2. The Morgan fingerprint density at radius 3 is 2.62 bits per heavy atom. The highest BCUT2D eigenvalue weighted by molar-refractivity contribution is 6.33. The lowest BCUT2D eigenvalue weighted by atomic mass is 10.2. The number of amides is 1. The van der Waals surface area contributed by atoms with Gasteiger partial charge in [-0.05, 0) is 44.5 Å². The summed E-state index contributed by atoms with van der Waals surface area (Å²) in [5, 5.41) is 6.86. The van der Waals surface area contributed by atoms with Gasteiger partial charge >= 0.3 is 0 Å². The van der Waals surface area contributed by atoms with E-state index in [1.807, 2.05) is 30.9 Å². The minimum Gasteiger partial charge on any atom is -0.361 e. The summed E-state index contributed by atoms with van der Waals surface area (Å²) in [6.45, 7) is 9.61. The number of rotatable bonds is 9. The SMILES string of the molecule is CCCNCc1ccc(N(CC)CC(=O)NCC)c(Cl)c1. The van der Waals surface area contributed by atoms with E-state index in [0.29, 0.717) is 18.1 Å². The van der Waals surface area contributed by atoms with E-state index < -0.39 is 0 Å². The third-order valence-corrected chi connectivity index (χ3v) is 3.50. The number of hydrogen-bond acceptors (Lipinski definition) is 3. The number of anilines is 1. The molecule has 0 atom stereocenters. The Morgan fingerprint density at radius 2 is 2.05 bits per heavy atom. The van der Waals surface area contributed by atoms with Gasteiger partial charge in [0, 0.05) is 19.6 Å². The Bertz CT molecular complexity index is 451. The van der Waals surface area contributed by atoms with Gasteiger partial charge in [0.2, 0.25) is 5.91 Å². The Hall–Kier alpha value is -1.26. The second-order valence-electron chi connectivity index (χ2n) is 4.93. The molecule has 118 valence electrons. The molecule has 0 aromatic heterocycles. The summed E-state index contributed by atoms with van der Waals surface area (Å²) < 4.78 is 0. The highest BCUT2D eigenvalue weighted by atomic mass is 35.5. The van der Waals surface area contributed by atoms with Crippen LogP contribution in [0.3, 0.4) is 0 Å². The second kappa shape index (κ2) is 9.64. The third-order valence-electron chi connectivity index (χ3n) is 3.20. The fourth-order valence-electron chi connectivity index (χ4n) is 2.12. The molecule has 1 rings (SSSR count). The van der Waals surface area contributed by atoms with Crippen LogP contribution in [-0.2, 0) is 11.3 Å². The molecule has 21 heavy (non-hydrogen) atoms. The lowest BCUT2D eigenvalue weighted by Crippen LogP contribution is -2.37. The summed E-state index contributed by atoms with van der Waals surface area (Å²) in [5.74, 6) is 0.0177. The first kappa shape index (κ1) is 17.8. The first-order valence-electron chi connectivity index (χ1n) is 7.63. The van der Waals surface area contributed by atoms with E-state index in [-0.39, 0.29) is 5.91 Å². The van der Waals surface area contributed by atoms with Gasteiger partial charge in [0.1, 0.15) is 0 Å². The monoisotopic (exact) mass is 311 g/mol. The van der Waals surface area contributed by atoms with Crippen molar-refractivity contribution in [2.75, 3.05) is 31.1 Å². The first-order chi connectivity index (χ1) is 10.1. The molecule has 0 saturated carbocycles. The first-order valence-corrected chi connectivity index (χ1v) is 8.00. The van der Waals surface area contributed by atoms with Crippen LogP contribution in [0.5, 0.6) is 0 Å². The number of benzene rings is 1. The Labute approximate surface area is 132 Å². The quantitative estimate of drug-likeness (QED) is 0.689. The average Bonchev–Trinajstić information content (AvgIpc) is 2.46. The van der Waals surface area contributed by atoms with Gasteiger partial charge < -0.3 is 15.5 Å². The number of likely N-dealkylation sites (N-methyl/N-ethyl adjacent to an activating group) is 2. The molecule has 1 aromatic rings. The maximum Gasteiger partial charge on any atom is 0.239 e. The summed E-state index contributed by atoms with van der Waals surface area (Å²) in [6.07, 6.45) is 1.11. The minimum absolute atomic E-state index is 0.0177. The predicted octanol–water partition coefficient (Wildman–Crippen LogP) is 2.80. The number of nitrogens with one attached hydrogen (secondary N) is 2. The van der Waals surface area contributed by atoms with Crippen LogP contribution in [0.1, 0.15) is 32.8 Å². The molecule has 0 spiro atoms. The lowest BCUT2D eigenvalue weighted by Gasteiger charge is -2.24. The summed E-state index contributed by atoms with van der Waals surface area (Å²) >= 11 is 6.38. The zero-order chi connectivity index (χ0) is 15.7. The molecule has 0 saturated heterocycles. The highest BCUT2D eigenvalue weighted by Crippen LogP contribution is 2.26. The van der Waals surface area contributed by atoms with Crippen LogP contribution in [-0.4, -0.2) is 32.1 Å². The molecule has 0 fully saturated rings. The van der Waals surface area contributed by atoms with Crippen LogP contribution in [0.4, 0.5) is 5.69 Å². The topological polar surface area (TPSA) is 44.4 Å². The van der Waals surface area contributed by atoms with E-state index in [2.05, 4.69) is 23.6 Å². The van der Waals surface area contributed by atoms with Gasteiger partial charge in [-0.1, -0.05) is 24.6 Å². The molecule has 1 aromatic carbocycles. The number of halogens is 1. The van der Waals surface area contributed by atoms with E-state index in [0.717, 1.165) is 37.3 Å². The predicted molar refractivity (Wildman–Crippen MR) is 90.0 cm³/mol. The summed E-state index contributed by atoms with van der Waals surface area (Å²) in [6, 6.07) is 6.03. The van der Waals surface area contributed by atoms with Crippen molar-refractivity contribution < 1.29 is 4.79 Å². The lowest BCUT2D eigenvalue weighted by molar-refractivity contribution is -0.119. The summed E-state index contributed by atoms with van der Waals surface area (Å²) in [7, 11) is 0. The van der Waals surface area contributed by atoms with Crippen molar-refractivity contribution in [3.63, 3.8) is 0 Å². The molecular formula is C16H26ClN3O. The summed E-state index contributed by atoms with van der Waals surface area (Å²) in [4.78, 5) is 13.7. The number of carbonyl (C=O) groups excluding carboxylic acids is 1. The van der Waals surface area contributed by atoms with Crippen molar-refractivity contribution in [3.8, 4) is 0 Å². The molecule has 2 N–H and O–H groups in total. The van der Waals surface area contributed by atoms with Crippen molar-refractivity contribution in [3.05, 3.63) is 28.8 Å². The molecule has 0 bridgehead atoms. The fourth-order valence-corrected chi connectivity index (χ4v) is 2.44. The Kier molecular flexibility index (Phi) is 8.16. The van der Waals surface area contributed by atoms with E-state index in [1.54, 1.807) is 0 Å². The van der Waals surface area contributed by atoms with Gasteiger partial charge in [-0.3, -0.25) is 4.79 Å². The standard InChI is InChI=1S/C16H26ClN3O/c1-4-9-18-11-13-7-8-15(14(17)10-13)20(6-3)12-16(21)19-5-2/h7-8,10,18H,4-6,9,11-12H2,1-3H3,(H,19,21). The van der Waals surface area contributed by atoms with E-state index in [9.17, 15) is 4.79 Å². The molecule has 1 amide bonds. The van der Waals surface area contributed by atoms with Crippen LogP contribution in [0.15, 0.2) is 18.2 Å². The van der Waals surface area contributed by atoms with Crippen molar-refractivity contribution in [2.45, 2.75) is 33.7 Å². The summed E-state index contributed by atoms with van der Waals surface area (Å²) in [5.41, 5.74) is 2.07. The number of hydrogen-bond donors (Lipinski definition) is 2. The highest BCUT2D eigenvalue weighted by Gasteiger charge is 2.12. The zero-order valence-corrected chi connectivity index (χ0v) is 14.0. The molecule has 5 heteroatoms. The molecule has 0 unspecified atom stereocenters. The van der Waals surface area contributed by atoms with Crippen LogP contribution in [0.2, 0.25) is 5.02 Å². The Balaban J connectivity index is 2.74. The van der Waals surface area contributed by atoms with Crippen molar-refractivity contribution in [1.29, 1.82) is 0 Å². The average molecular weight is 312 g/mol. The fraction of sp³-hybridized carbons (Fsp3) is 0.562. The molecule has 0 aliphatic heterocycles. The van der Waals surface area contributed by atoms with Crippen LogP contribution < -0.4 is 15.5 Å². The van der Waals surface area contributed by atoms with Gasteiger partial charge in [0.25, 0.3) is 0 Å². The van der Waals surface area contributed by atoms with Crippen LogP contribution >= 0.6 is 11.6 Å². The van der Waals surface area contributed by atoms with E-state index in [1.165, 1.54) is 0 Å². The van der Waals surface area contributed by atoms with E-state index in [4.69, 9.17) is 11.6 Å². The molecule has 0 heterocycles. The normalized spacial score (nSPS) is 10.5. The largest absolute Gasteiger partial charge is 0.361 e. The van der Waals surface area contributed by atoms with Gasteiger partial charge in [-0.2, -0.15) is 0 Å². The van der Waals surface area contributed by atoms with Gasteiger partial charge in [-0.25, -0.2) is 0 Å². The molecule has 4 nitrogen and oxygen atoms in total. The third kappa shape index (κ3) is 5.94. The van der Waals surface area contributed by atoms with Crippen molar-refractivity contribution >= 4 is 23.2 Å². The Morgan fingerprint density at radius 1 is 1.29 bits per heavy atom. The van der Waals surface area contributed by atoms with Gasteiger partial charge in [-0.15, -0.1) is 0 Å². The second-order valence-corrected chi connectivity index (χ2v) is 5.34.